The zero-order valence-corrected chi connectivity index (χ0v) is 19.7. The van der Waals surface area contributed by atoms with E-state index >= 15 is 0 Å². The van der Waals surface area contributed by atoms with Gasteiger partial charge in [0.05, 0.1) is 5.52 Å². The number of hydrogen-bond donors (Lipinski definition) is 3. The molecule has 1 fully saturated rings. The molecule has 172 valence electrons. The molecule has 2 aliphatic rings. The molecule has 0 atom stereocenters. The van der Waals surface area contributed by atoms with E-state index in [1.54, 1.807) is 0 Å². The zero-order chi connectivity index (χ0) is 22.8. The summed E-state index contributed by atoms with van der Waals surface area (Å²) in [5, 5.41) is 12.2. The number of thiocarbonyl (C=S) groups is 1. The minimum absolute atomic E-state index is 0.268. The van der Waals surface area contributed by atoms with Gasteiger partial charge in [0.15, 0.2) is 16.6 Å². The summed E-state index contributed by atoms with van der Waals surface area (Å²) in [5.41, 5.74) is 3.09. The van der Waals surface area contributed by atoms with Crippen LogP contribution in [0.1, 0.15) is 25.7 Å². The van der Waals surface area contributed by atoms with Gasteiger partial charge in [-0.1, -0.05) is 18.2 Å². The second-order valence-corrected chi connectivity index (χ2v) is 9.21. The van der Waals surface area contributed by atoms with E-state index < -0.39 is 0 Å². The van der Waals surface area contributed by atoms with Crippen LogP contribution in [0.15, 0.2) is 48.5 Å². The van der Waals surface area contributed by atoms with Crippen LogP contribution in [0, 0.1) is 0 Å². The lowest BCUT2D eigenvalue weighted by Gasteiger charge is -2.31. The molecule has 8 heteroatoms. The van der Waals surface area contributed by atoms with Gasteiger partial charge in [-0.25, -0.2) is 4.98 Å². The van der Waals surface area contributed by atoms with E-state index in [4.69, 9.17) is 26.7 Å². The first kappa shape index (κ1) is 21.6. The molecule has 1 aliphatic heterocycles. The van der Waals surface area contributed by atoms with Crippen LogP contribution in [0.3, 0.4) is 0 Å². The molecule has 3 N–H and O–H groups in total. The highest BCUT2D eigenvalue weighted by Gasteiger charge is 2.22. The van der Waals surface area contributed by atoms with Crippen molar-refractivity contribution in [3.63, 3.8) is 0 Å². The zero-order valence-electron chi connectivity index (χ0n) is 18.9. The molecule has 0 radical (unpaired) electrons. The van der Waals surface area contributed by atoms with Crippen LogP contribution in [0.2, 0.25) is 0 Å². The lowest BCUT2D eigenvalue weighted by Crippen LogP contribution is -2.42. The third-order valence-corrected chi connectivity index (χ3v) is 6.44. The Morgan fingerprint density at radius 2 is 1.73 bits per heavy atom. The largest absolute Gasteiger partial charge is 0.454 e. The van der Waals surface area contributed by atoms with Crippen molar-refractivity contribution in [2.45, 2.75) is 37.8 Å². The molecule has 1 aromatic heterocycles. The third-order valence-electron chi connectivity index (χ3n) is 6.22. The number of para-hydroxylation sites is 1. The second kappa shape index (κ2) is 9.31. The normalized spacial score (nSPS) is 19.2. The molecule has 1 aliphatic carbocycles. The fourth-order valence-corrected chi connectivity index (χ4v) is 4.80. The average Bonchev–Trinajstić information content (AvgIpc) is 3.27. The summed E-state index contributed by atoms with van der Waals surface area (Å²) in [6.07, 6.45) is 4.23. The van der Waals surface area contributed by atoms with Crippen molar-refractivity contribution in [1.82, 2.24) is 10.3 Å². The van der Waals surface area contributed by atoms with Crippen molar-refractivity contribution in [3.8, 4) is 11.5 Å². The van der Waals surface area contributed by atoms with E-state index in [2.05, 4.69) is 59.2 Å². The van der Waals surface area contributed by atoms with Crippen molar-refractivity contribution in [1.29, 1.82) is 0 Å². The van der Waals surface area contributed by atoms with Crippen molar-refractivity contribution in [3.05, 3.63) is 48.5 Å². The Morgan fingerprint density at radius 1 is 0.970 bits per heavy atom. The highest BCUT2D eigenvalue weighted by Crippen LogP contribution is 2.34. The fraction of sp³-hybridized carbons (Fsp3) is 0.360. The summed E-state index contributed by atoms with van der Waals surface area (Å²) >= 11 is 5.54. The molecule has 0 amide bonds. The molecular formula is C25H29N5O2S. The Bertz CT molecular complexity index is 1160. The topological polar surface area (TPSA) is 70.7 Å². The van der Waals surface area contributed by atoms with Gasteiger partial charge < -0.3 is 30.3 Å². The first-order valence-corrected chi connectivity index (χ1v) is 11.8. The summed E-state index contributed by atoms with van der Waals surface area (Å²) in [4.78, 5) is 6.99. The molecule has 0 unspecified atom stereocenters. The number of ether oxygens (including phenoxy) is 2. The number of aromatic nitrogens is 1. The Morgan fingerprint density at radius 3 is 2.55 bits per heavy atom. The van der Waals surface area contributed by atoms with Gasteiger partial charge in [0, 0.05) is 55.1 Å². The Labute approximate surface area is 199 Å². The van der Waals surface area contributed by atoms with E-state index in [0.29, 0.717) is 17.2 Å². The van der Waals surface area contributed by atoms with Gasteiger partial charge in [-0.3, -0.25) is 0 Å². The predicted molar refractivity (Wildman–Crippen MR) is 138 cm³/mol. The van der Waals surface area contributed by atoms with Gasteiger partial charge in [-0.15, -0.1) is 0 Å². The van der Waals surface area contributed by atoms with Gasteiger partial charge in [0.25, 0.3) is 0 Å². The Balaban J connectivity index is 1.15. The van der Waals surface area contributed by atoms with Crippen LogP contribution >= 0.6 is 12.2 Å². The SMILES string of the molecule is CN(C)c1cc(NC2CCC(NC(=S)Nc3ccc4c(c3)OCO4)CC2)nc2ccccc12. The number of fused-ring (bicyclic) bond motifs is 2. The summed E-state index contributed by atoms with van der Waals surface area (Å²) in [5.74, 6) is 2.45. The number of benzene rings is 2. The van der Waals surface area contributed by atoms with Gasteiger partial charge in [0.1, 0.15) is 5.82 Å². The maximum Gasteiger partial charge on any atom is 0.231 e. The number of hydrogen-bond acceptors (Lipinski definition) is 6. The lowest BCUT2D eigenvalue weighted by atomic mass is 9.91. The van der Waals surface area contributed by atoms with Gasteiger partial charge >= 0.3 is 0 Å². The van der Waals surface area contributed by atoms with Crippen molar-refractivity contribution >= 4 is 45.4 Å². The number of anilines is 3. The van der Waals surface area contributed by atoms with Crippen LogP contribution < -0.4 is 30.3 Å². The van der Waals surface area contributed by atoms with Crippen molar-refractivity contribution < 1.29 is 9.47 Å². The molecular weight excluding hydrogens is 434 g/mol. The molecule has 3 aromatic rings. The van der Waals surface area contributed by atoms with E-state index in [1.165, 1.54) is 11.1 Å². The van der Waals surface area contributed by atoms with Crippen LogP contribution in [-0.4, -0.2) is 43.1 Å². The van der Waals surface area contributed by atoms with E-state index in [0.717, 1.165) is 54.2 Å². The quantitative estimate of drug-likeness (QED) is 0.469. The Hall–Kier alpha value is -3.26. The van der Waals surface area contributed by atoms with E-state index in [1.807, 2.05) is 24.3 Å². The fourth-order valence-electron chi connectivity index (χ4n) is 4.52. The van der Waals surface area contributed by atoms with Crippen LogP contribution in [0.25, 0.3) is 10.9 Å². The first-order chi connectivity index (χ1) is 16.0. The number of nitrogens with zero attached hydrogens (tertiary/aromatic N) is 2. The average molecular weight is 464 g/mol. The Kier molecular flexibility index (Phi) is 6.09. The molecule has 1 saturated carbocycles. The molecule has 0 bridgehead atoms. The first-order valence-electron chi connectivity index (χ1n) is 11.4. The van der Waals surface area contributed by atoms with Crippen molar-refractivity contribution in [2.24, 2.45) is 0 Å². The highest BCUT2D eigenvalue weighted by atomic mass is 32.1. The predicted octanol–water partition coefficient (Wildman–Crippen LogP) is 4.74. The van der Waals surface area contributed by atoms with Crippen molar-refractivity contribution in [2.75, 3.05) is 36.4 Å². The van der Waals surface area contributed by atoms with Crippen LogP contribution in [0.4, 0.5) is 17.2 Å². The molecule has 2 heterocycles. The van der Waals surface area contributed by atoms with E-state index in [9.17, 15) is 0 Å². The summed E-state index contributed by atoms with van der Waals surface area (Å²) in [7, 11) is 4.14. The molecule has 33 heavy (non-hydrogen) atoms. The highest BCUT2D eigenvalue weighted by molar-refractivity contribution is 7.80. The number of pyridine rings is 1. The minimum Gasteiger partial charge on any atom is -0.454 e. The lowest BCUT2D eigenvalue weighted by molar-refractivity contribution is 0.174. The number of rotatable bonds is 5. The molecule has 5 rings (SSSR count). The molecule has 0 spiro atoms. The summed E-state index contributed by atoms with van der Waals surface area (Å²) < 4.78 is 10.8. The molecule has 7 nitrogen and oxygen atoms in total. The van der Waals surface area contributed by atoms with E-state index in [-0.39, 0.29) is 6.79 Å². The number of nitrogens with one attached hydrogen (secondary N) is 3. The third kappa shape index (κ3) is 4.90. The second-order valence-electron chi connectivity index (χ2n) is 8.80. The summed E-state index contributed by atoms with van der Waals surface area (Å²) in [6.45, 7) is 0.268. The van der Waals surface area contributed by atoms with Gasteiger partial charge in [0.2, 0.25) is 6.79 Å². The molecule has 0 saturated heterocycles. The van der Waals surface area contributed by atoms with Gasteiger partial charge in [-0.2, -0.15) is 0 Å². The smallest absolute Gasteiger partial charge is 0.231 e. The minimum atomic E-state index is 0.268. The maximum absolute atomic E-state index is 5.54. The monoisotopic (exact) mass is 463 g/mol. The van der Waals surface area contributed by atoms with Crippen LogP contribution in [-0.2, 0) is 0 Å². The standard InChI is InChI=1S/C25H29N5O2S/c1-30(2)21-14-24(29-20-6-4-3-5-19(20)21)26-16-7-9-17(10-8-16)27-25(33)28-18-11-12-22-23(13-18)32-15-31-22/h3-6,11-14,16-17H,7-10,15H2,1-2H3,(H,26,29)(H2,27,28,33). The maximum atomic E-state index is 5.54. The van der Waals surface area contributed by atoms with Gasteiger partial charge in [-0.05, 0) is 56.1 Å². The summed E-state index contributed by atoms with van der Waals surface area (Å²) in [6, 6.07) is 17.0. The molecule has 2 aromatic carbocycles. The van der Waals surface area contributed by atoms with Crippen LogP contribution in [0.5, 0.6) is 11.5 Å².